The fourth-order valence-corrected chi connectivity index (χ4v) is 1.25. The van der Waals surface area contributed by atoms with E-state index in [4.69, 9.17) is 9.84 Å². The average Bonchev–Trinajstić information content (AvgIpc) is 2.28. The maximum Gasteiger partial charge on any atom is 0.401 e. The summed E-state index contributed by atoms with van der Waals surface area (Å²) in [6.45, 7) is -1.39. The predicted molar refractivity (Wildman–Crippen MR) is 55.2 cm³/mol. The lowest BCUT2D eigenvalue weighted by Gasteiger charge is -2.16. The van der Waals surface area contributed by atoms with Crippen LogP contribution in [0, 0.1) is 0 Å². The van der Waals surface area contributed by atoms with E-state index >= 15 is 0 Å². The number of halogens is 3. The zero-order valence-corrected chi connectivity index (χ0v) is 9.36. The van der Waals surface area contributed by atoms with Crippen LogP contribution in [0.2, 0.25) is 0 Å². The van der Waals surface area contributed by atoms with Crippen LogP contribution in [0.3, 0.4) is 0 Å². The molecule has 0 radical (unpaired) electrons. The number of carboxylic acids is 1. The van der Waals surface area contributed by atoms with Gasteiger partial charge in [0.05, 0.1) is 13.7 Å². The quantitative estimate of drug-likeness (QED) is 0.840. The normalized spacial score (nSPS) is 13.1. The Morgan fingerprint density at radius 1 is 1.56 bits per heavy atom. The van der Waals surface area contributed by atoms with E-state index in [0.29, 0.717) is 0 Å². The summed E-state index contributed by atoms with van der Waals surface area (Å²) in [6.07, 6.45) is -3.32. The fourth-order valence-electron chi connectivity index (χ4n) is 1.25. The first-order valence-corrected chi connectivity index (χ1v) is 4.86. The van der Waals surface area contributed by atoms with Crippen LogP contribution in [0.1, 0.15) is 11.6 Å². The number of methoxy groups -OCH3 is 1. The van der Waals surface area contributed by atoms with Crippen molar-refractivity contribution in [2.45, 2.75) is 12.2 Å². The molecule has 0 aromatic carbocycles. The largest absolute Gasteiger partial charge is 0.481 e. The van der Waals surface area contributed by atoms with Crippen LogP contribution in [0.4, 0.5) is 13.2 Å². The summed E-state index contributed by atoms with van der Waals surface area (Å²) >= 11 is 0. The minimum Gasteiger partial charge on any atom is -0.481 e. The molecule has 0 bridgehead atoms. The van der Waals surface area contributed by atoms with E-state index in [1.165, 1.54) is 19.2 Å². The molecule has 0 spiro atoms. The van der Waals surface area contributed by atoms with Crippen molar-refractivity contribution in [1.82, 2.24) is 10.3 Å². The van der Waals surface area contributed by atoms with E-state index in [9.17, 15) is 18.0 Å². The fraction of sp³-hybridized carbons (Fsp3) is 0.400. The zero-order chi connectivity index (χ0) is 13.8. The van der Waals surface area contributed by atoms with Crippen molar-refractivity contribution >= 4 is 5.97 Å². The molecule has 8 heteroatoms. The maximum absolute atomic E-state index is 12.0. The molecule has 0 aliphatic carbocycles. The number of nitrogens with one attached hydrogen (secondary N) is 1. The molecule has 2 N–H and O–H groups in total. The highest BCUT2D eigenvalue weighted by Gasteiger charge is 2.30. The molecule has 0 saturated heterocycles. The number of pyridine rings is 1. The number of rotatable bonds is 5. The molecule has 5 nitrogen and oxygen atoms in total. The number of aliphatic carboxylic acids is 1. The molecule has 1 heterocycles. The molecule has 0 saturated carbocycles. The van der Waals surface area contributed by atoms with Gasteiger partial charge in [-0.3, -0.25) is 10.1 Å². The number of aromatic nitrogens is 1. The van der Waals surface area contributed by atoms with Crippen molar-refractivity contribution in [2.75, 3.05) is 13.7 Å². The smallest absolute Gasteiger partial charge is 0.401 e. The molecule has 0 aliphatic rings. The van der Waals surface area contributed by atoms with Crippen LogP contribution in [0.15, 0.2) is 18.3 Å². The third-order valence-electron chi connectivity index (χ3n) is 2.06. The van der Waals surface area contributed by atoms with Crippen LogP contribution < -0.4 is 10.1 Å². The number of alkyl halides is 3. The van der Waals surface area contributed by atoms with E-state index in [1.54, 1.807) is 0 Å². The average molecular weight is 264 g/mol. The Balaban J connectivity index is 2.80. The number of hydrogen-bond donors (Lipinski definition) is 2. The van der Waals surface area contributed by atoms with E-state index in [-0.39, 0.29) is 11.4 Å². The standard InChI is InChI=1S/C10H11F3N2O3/c1-18-7-3-2-6(4-14-7)8(9(16)17)15-5-10(11,12)13/h2-4,8,15H,5H2,1H3,(H,16,17). The summed E-state index contributed by atoms with van der Waals surface area (Å²) in [5.41, 5.74) is 0.118. The monoisotopic (exact) mass is 264 g/mol. The van der Waals surface area contributed by atoms with Crippen LogP contribution >= 0.6 is 0 Å². The second-order valence-corrected chi connectivity index (χ2v) is 3.40. The number of nitrogens with zero attached hydrogens (tertiary/aromatic N) is 1. The van der Waals surface area contributed by atoms with Gasteiger partial charge in [-0.2, -0.15) is 13.2 Å². The van der Waals surface area contributed by atoms with Crippen LogP contribution in [0.5, 0.6) is 5.88 Å². The molecule has 1 atom stereocenters. The van der Waals surface area contributed by atoms with Gasteiger partial charge >= 0.3 is 12.1 Å². The first-order chi connectivity index (χ1) is 8.33. The Bertz CT molecular complexity index is 406. The summed E-state index contributed by atoms with van der Waals surface area (Å²) in [6, 6.07) is 1.25. The molecule has 18 heavy (non-hydrogen) atoms. The Kier molecular flexibility index (Phi) is 4.49. The highest BCUT2D eigenvalue weighted by molar-refractivity contribution is 5.75. The first-order valence-electron chi connectivity index (χ1n) is 4.86. The molecule has 100 valence electrons. The number of carboxylic acid groups (broad SMARTS) is 1. The van der Waals surface area contributed by atoms with E-state index in [1.807, 2.05) is 5.32 Å². The molecular formula is C10H11F3N2O3. The highest BCUT2D eigenvalue weighted by atomic mass is 19.4. The van der Waals surface area contributed by atoms with Crippen LogP contribution in [-0.4, -0.2) is 35.9 Å². The maximum atomic E-state index is 12.0. The molecule has 0 fully saturated rings. The van der Waals surface area contributed by atoms with E-state index < -0.39 is 24.7 Å². The summed E-state index contributed by atoms with van der Waals surface area (Å²) in [7, 11) is 1.37. The number of carbonyl (C=O) groups is 1. The Hall–Kier alpha value is -1.83. The highest BCUT2D eigenvalue weighted by Crippen LogP contribution is 2.18. The summed E-state index contributed by atoms with van der Waals surface area (Å²) in [5, 5.41) is 10.8. The van der Waals surface area contributed by atoms with Gasteiger partial charge in [-0.25, -0.2) is 4.98 Å². The van der Waals surface area contributed by atoms with Gasteiger partial charge in [0.1, 0.15) is 6.04 Å². The van der Waals surface area contributed by atoms with Crippen molar-refractivity contribution in [3.05, 3.63) is 23.9 Å². The Morgan fingerprint density at radius 3 is 2.61 bits per heavy atom. The van der Waals surface area contributed by atoms with Crippen molar-refractivity contribution in [2.24, 2.45) is 0 Å². The summed E-state index contributed by atoms with van der Waals surface area (Å²) in [4.78, 5) is 14.6. The third kappa shape index (κ3) is 4.21. The van der Waals surface area contributed by atoms with Crippen molar-refractivity contribution in [1.29, 1.82) is 0 Å². The predicted octanol–water partition coefficient (Wildman–Crippen LogP) is 1.37. The number of ether oxygens (including phenoxy) is 1. The third-order valence-corrected chi connectivity index (χ3v) is 2.06. The minimum atomic E-state index is -4.48. The minimum absolute atomic E-state index is 0.118. The van der Waals surface area contributed by atoms with Gasteiger partial charge in [-0.15, -0.1) is 0 Å². The number of hydrogen-bond acceptors (Lipinski definition) is 4. The Morgan fingerprint density at radius 2 is 2.22 bits per heavy atom. The van der Waals surface area contributed by atoms with Crippen LogP contribution in [0.25, 0.3) is 0 Å². The van der Waals surface area contributed by atoms with Gasteiger partial charge in [0.2, 0.25) is 5.88 Å². The second kappa shape index (κ2) is 5.67. The van der Waals surface area contributed by atoms with Crippen molar-refractivity contribution < 1.29 is 27.8 Å². The lowest BCUT2D eigenvalue weighted by Crippen LogP contribution is -2.36. The van der Waals surface area contributed by atoms with Gasteiger partial charge in [-0.05, 0) is 11.6 Å². The van der Waals surface area contributed by atoms with Gasteiger partial charge < -0.3 is 9.84 Å². The van der Waals surface area contributed by atoms with Gasteiger partial charge in [0, 0.05) is 12.3 Å². The SMILES string of the molecule is COc1ccc(C(NCC(F)(F)F)C(=O)O)cn1. The van der Waals surface area contributed by atoms with Gasteiger partial charge in [0.25, 0.3) is 0 Å². The molecule has 1 rings (SSSR count). The van der Waals surface area contributed by atoms with Crippen molar-refractivity contribution in [3.8, 4) is 5.88 Å². The first kappa shape index (κ1) is 14.2. The second-order valence-electron chi connectivity index (χ2n) is 3.40. The van der Waals surface area contributed by atoms with E-state index in [2.05, 4.69) is 4.98 Å². The zero-order valence-electron chi connectivity index (χ0n) is 9.36. The molecule has 1 unspecified atom stereocenters. The summed E-state index contributed by atoms with van der Waals surface area (Å²) < 4.78 is 40.8. The molecule has 0 aliphatic heterocycles. The molecule has 1 aromatic rings. The lowest BCUT2D eigenvalue weighted by molar-refractivity contribution is -0.143. The summed E-state index contributed by atoms with van der Waals surface area (Å²) in [5.74, 6) is -1.16. The van der Waals surface area contributed by atoms with Crippen molar-refractivity contribution in [3.63, 3.8) is 0 Å². The topological polar surface area (TPSA) is 71.5 Å². The van der Waals surface area contributed by atoms with Gasteiger partial charge in [-0.1, -0.05) is 0 Å². The molecule has 1 aromatic heterocycles. The lowest BCUT2D eigenvalue weighted by atomic mass is 10.1. The van der Waals surface area contributed by atoms with E-state index in [0.717, 1.165) is 6.20 Å². The Labute approximate surface area is 101 Å². The van der Waals surface area contributed by atoms with Gasteiger partial charge in [0.15, 0.2) is 0 Å². The molecular weight excluding hydrogens is 253 g/mol. The molecule has 0 amide bonds. The van der Waals surface area contributed by atoms with Crippen LogP contribution in [-0.2, 0) is 4.79 Å².